The molecule has 0 radical (unpaired) electrons. The third-order valence-corrected chi connectivity index (χ3v) is 4.50. The zero-order valence-corrected chi connectivity index (χ0v) is 6.66. The second-order valence-corrected chi connectivity index (χ2v) is 6.55. The van der Waals surface area contributed by atoms with Gasteiger partial charge in [-0.3, -0.25) is 0 Å². The van der Waals surface area contributed by atoms with E-state index in [1.54, 1.807) is 0 Å². The molecule has 0 heterocycles. The normalized spacial score (nSPS) is 8.50. The molecule has 0 aliphatic heterocycles. The first kappa shape index (κ1) is 6.88. The van der Waals surface area contributed by atoms with Crippen molar-refractivity contribution >= 4 is 25.9 Å². The maximum Gasteiger partial charge on any atom is 0.268 e. The molecule has 36 valence electrons. The minimum atomic E-state index is -0.208. The van der Waals surface area contributed by atoms with Crippen molar-refractivity contribution in [3.8, 4) is 0 Å². The van der Waals surface area contributed by atoms with E-state index < -0.39 is 0 Å². The average Bonchev–Trinajstić information content (AvgIpc) is 1.35. The van der Waals surface area contributed by atoms with Gasteiger partial charge in [0.15, 0.2) is 0 Å². The Hall–Kier alpha value is 0.882. The Kier molecular flexibility index (Phi) is 4.65. The van der Waals surface area contributed by atoms with Gasteiger partial charge in [-0.05, 0) is 6.26 Å². The highest BCUT2D eigenvalue weighted by Crippen LogP contribution is 1.93. The van der Waals surface area contributed by atoms with Crippen molar-refractivity contribution in [3.63, 3.8) is 0 Å². The summed E-state index contributed by atoms with van der Waals surface area (Å²) in [5.41, 5.74) is 0. The van der Waals surface area contributed by atoms with Crippen LogP contribution in [0.3, 0.4) is 0 Å². The third kappa shape index (κ3) is 4.88. The van der Waals surface area contributed by atoms with Crippen molar-refractivity contribution in [3.05, 3.63) is 0 Å². The van der Waals surface area contributed by atoms with Crippen LogP contribution in [0.25, 0.3) is 0 Å². The lowest BCUT2D eigenvalue weighted by atomic mass is 11.8. The molecule has 0 spiro atoms. The van der Waals surface area contributed by atoms with Gasteiger partial charge in [0, 0.05) is 0 Å². The van der Waals surface area contributed by atoms with Crippen molar-refractivity contribution in [1.29, 1.82) is 0 Å². The molecule has 0 amide bonds. The second kappa shape index (κ2) is 4.05. The molecule has 0 aromatic carbocycles. The standard InChI is InChI=1S/C2H5S.2CH3.Al/c1-3-2;;;/h1H2,2H3;2*1H3;. The van der Waals surface area contributed by atoms with Crippen LogP contribution in [0.5, 0.6) is 0 Å². The molecule has 0 N–H and O–H groups in total. The highest BCUT2D eigenvalue weighted by Gasteiger charge is 1.96. The molecule has 0 aromatic rings. The van der Waals surface area contributed by atoms with Crippen LogP contribution in [0.2, 0.25) is 11.6 Å². The second-order valence-electron chi connectivity index (χ2n) is 1.85. The maximum atomic E-state index is 2.37. The lowest BCUT2D eigenvalue weighted by Gasteiger charge is -1.88. The van der Waals surface area contributed by atoms with Gasteiger partial charge < -0.3 is 0 Å². The first-order chi connectivity index (χ1) is 2.77. The zero-order valence-electron chi connectivity index (χ0n) is 4.69. The molecular formula is C4H11AlS. The Morgan fingerprint density at radius 1 is 1.50 bits per heavy atom. The lowest BCUT2D eigenvalue weighted by molar-refractivity contribution is 1.86. The van der Waals surface area contributed by atoms with Gasteiger partial charge in [0.1, 0.15) is 0 Å². The number of rotatable bonds is 2. The molecule has 0 bridgehead atoms. The van der Waals surface area contributed by atoms with Crippen molar-refractivity contribution in [2.24, 2.45) is 0 Å². The molecule has 6 heavy (non-hydrogen) atoms. The molecule has 0 aliphatic rings. The van der Waals surface area contributed by atoms with Crippen LogP contribution in [0, 0.1) is 0 Å². The predicted molar refractivity (Wildman–Crippen MR) is 35.9 cm³/mol. The Balaban J connectivity index is 2.63. The van der Waals surface area contributed by atoms with Crippen LogP contribution in [0.15, 0.2) is 0 Å². The SMILES string of the molecule is CS[CH2][Al]([CH3])[CH3]. The van der Waals surface area contributed by atoms with Gasteiger partial charge in [-0.2, -0.15) is 11.8 Å². The number of hydrogen-bond acceptors (Lipinski definition) is 1. The summed E-state index contributed by atoms with van der Waals surface area (Å²) in [6.07, 6.45) is 2.17. The molecule has 0 fully saturated rings. The largest absolute Gasteiger partial charge is 0.268 e. The van der Waals surface area contributed by atoms with E-state index >= 15 is 0 Å². The van der Waals surface area contributed by atoms with E-state index in [1.165, 1.54) is 4.61 Å². The van der Waals surface area contributed by atoms with Crippen LogP contribution in [0.4, 0.5) is 0 Å². The van der Waals surface area contributed by atoms with Crippen molar-refractivity contribution < 1.29 is 0 Å². The van der Waals surface area contributed by atoms with Gasteiger partial charge in [0.05, 0.1) is 0 Å². The van der Waals surface area contributed by atoms with Crippen LogP contribution in [-0.4, -0.2) is 25.0 Å². The summed E-state index contributed by atoms with van der Waals surface area (Å²) in [4.78, 5) is 0. The summed E-state index contributed by atoms with van der Waals surface area (Å²) in [5, 5.41) is 0. The monoisotopic (exact) mass is 118 g/mol. The first-order valence-corrected chi connectivity index (χ1v) is 6.78. The summed E-state index contributed by atoms with van der Waals surface area (Å²) >= 11 is 1.76. The van der Waals surface area contributed by atoms with Gasteiger partial charge in [-0.1, -0.05) is 4.61 Å². The molecule has 0 aliphatic carbocycles. The molecule has 0 rings (SSSR count). The molecule has 0 nitrogen and oxygen atoms in total. The summed E-state index contributed by atoms with van der Waals surface area (Å²) in [6, 6.07) is 0. The van der Waals surface area contributed by atoms with Crippen molar-refractivity contribution in [2.45, 2.75) is 11.6 Å². The fourth-order valence-electron chi connectivity index (χ4n) is 0.333. The Morgan fingerprint density at radius 2 is 2.00 bits per heavy atom. The molecule has 0 atom stereocenters. The molecule has 0 unspecified atom stereocenters. The highest BCUT2D eigenvalue weighted by molar-refractivity contribution is 7.99. The van der Waals surface area contributed by atoms with E-state index in [1.807, 2.05) is 11.8 Å². The van der Waals surface area contributed by atoms with Crippen LogP contribution in [0.1, 0.15) is 0 Å². The minimum absolute atomic E-state index is 0.208. The molecule has 2 heteroatoms. The minimum Gasteiger partial charge on any atom is -0.180 e. The van der Waals surface area contributed by atoms with Crippen LogP contribution in [-0.2, 0) is 0 Å². The van der Waals surface area contributed by atoms with Gasteiger partial charge in [0.25, 0.3) is 14.1 Å². The Labute approximate surface area is 48.7 Å². The summed E-state index contributed by atoms with van der Waals surface area (Å²) in [7, 11) is 0. The molecule has 0 saturated carbocycles. The fraction of sp³-hybridized carbons (Fsp3) is 1.00. The summed E-state index contributed by atoms with van der Waals surface area (Å²) < 4.78 is 1.43. The lowest BCUT2D eigenvalue weighted by Crippen LogP contribution is -2.02. The van der Waals surface area contributed by atoms with E-state index in [0.29, 0.717) is 0 Å². The van der Waals surface area contributed by atoms with Crippen molar-refractivity contribution in [2.75, 3.05) is 10.9 Å². The Morgan fingerprint density at radius 3 is 2.00 bits per heavy atom. The Bertz CT molecular complexity index is 28.7. The molecule has 0 aromatic heterocycles. The van der Waals surface area contributed by atoms with E-state index in [9.17, 15) is 0 Å². The summed E-state index contributed by atoms with van der Waals surface area (Å²) in [5.74, 6) is 4.74. The smallest absolute Gasteiger partial charge is 0.180 e. The predicted octanol–water partition coefficient (Wildman–Crippen LogP) is 1.64. The van der Waals surface area contributed by atoms with E-state index in [4.69, 9.17) is 0 Å². The van der Waals surface area contributed by atoms with Crippen LogP contribution < -0.4 is 0 Å². The zero-order chi connectivity index (χ0) is 4.99. The number of thioether (sulfide) groups is 1. The first-order valence-electron chi connectivity index (χ1n) is 2.26. The van der Waals surface area contributed by atoms with Crippen molar-refractivity contribution in [1.82, 2.24) is 0 Å². The maximum absolute atomic E-state index is 2.37. The van der Waals surface area contributed by atoms with E-state index in [0.717, 1.165) is 0 Å². The quantitative estimate of drug-likeness (QED) is 0.497. The van der Waals surface area contributed by atoms with Gasteiger partial charge in [-0.15, -0.1) is 11.6 Å². The average molecular weight is 118 g/mol. The topological polar surface area (TPSA) is 0 Å². The molecular weight excluding hydrogens is 107 g/mol. The van der Waals surface area contributed by atoms with Gasteiger partial charge in [0.2, 0.25) is 0 Å². The fourth-order valence-corrected chi connectivity index (χ4v) is 3.00. The van der Waals surface area contributed by atoms with Crippen LogP contribution >= 0.6 is 11.8 Å². The number of hydrogen-bond donors (Lipinski definition) is 0. The van der Waals surface area contributed by atoms with E-state index in [2.05, 4.69) is 17.8 Å². The molecule has 0 saturated heterocycles. The van der Waals surface area contributed by atoms with Gasteiger partial charge >= 0.3 is 0 Å². The summed E-state index contributed by atoms with van der Waals surface area (Å²) in [6.45, 7) is 0. The van der Waals surface area contributed by atoms with Gasteiger partial charge in [-0.25, -0.2) is 0 Å². The third-order valence-electron chi connectivity index (χ3n) is 0.500. The highest BCUT2D eigenvalue weighted by atomic mass is 32.2. The van der Waals surface area contributed by atoms with E-state index in [-0.39, 0.29) is 14.1 Å².